The topological polar surface area (TPSA) is 83.7 Å². The van der Waals surface area contributed by atoms with Crippen LogP contribution in [0.1, 0.15) is 24.2 Å². The summed E-state index contributed by atoms with van der Waals surface area (Å²) in [4.78, 5) is 23.7. The van der Waals surface area contributed by atoms with Gasteiger partial charge >= 0.3 is 0 Å². The fourth-order valence-electron chi connectivity index (χ4n) is 2.08. The number of nitro benzene ring substituents is 1. The van der Waals surface area contributed by atoms with Gasteiger partial charge < -0.3 is 10.0 Å². The van der Waals surface area contributed by atoms with E-state index in [1.165, 1.54) is 17.0 Å². The van der Waals surface area contributed by atoms with E-state index < -0.39 is 10.5 Å². The Labute approximate surface area is 121 Å². The van der Waals surface area contributed by atoms with Gasteiger partial charge in [0.2, 0.25) is 0 Å². The molecule has 1 aromatic carbocycles. The number of benzene rings is 1. The third-order valence-electron chi connectivity index (χ3n) is 3.69. The van der Waals surface area contributed by atoms with Crippen LogP contribution in [0.25, 0.3) is 0 Å². The maximum atomic E-state index is 12.2. The summed E-state index contributed by atoms with van der Waals surface area (Å²) in [6.07, 6.45) is 0. The number of halogens is 1. The van der Waals surface area contributed by atoms with Crippen molar-refractivity contribution in [2.24, 2.45) is 5.92 Å². The van der Waals surface area contributed by atoms with Crippen molar-refractivity contribution in [2.75, 3.05) is 13.1 Å². The van der Waals surface area contributed by atoms with E-state index in [0.29, 0.717) is 0 Å². The molecule has 1 saturated heterocycles. The highest BCUT2D eigenvalue weighted by Crippen LogP contribution is 2.31. The van der Waals surface area contributed by atoms with Gasteiger partial charge in [-0.25, -0.2) is 0 Å². The number of carbonyl (C=O) groups excluding carboxylic acids is 1. The van der Waals surface area contributed by atoms with Crippen molar-refractivity contribution in [1.82, 2.24) is 4.90 Å². The van der Waals surface area contributed by atoms with E-state index in [1.807, 2.05) is 13.8 Å². The summed E-state index contributed by atoms with van der Waals surface area (Å²) < 4.78 is 0. The summed E-state index contributed by atoms with van der Waals surface area (Å²) in [6, 6.07) is 3.74. The minimum absolute atomic E-state index is 0.0455. The van der Waals surface area contributed by atoms with Crippen LogP contribution < -0.4 is 0 Å². The number of likely N-dealkylation sites (tertiary alicyclic amines) is 1. The van der Waals surface area contributed by atoms with Crippen molar-refractivity contribution in [1.29, 1.82) is 0 Å². The fraction of sp³-hybridized carbons (Fsp3) is 0.462. The average Bonchev–Trinajstić information content (AvgIpc) is 2.33. The predicted octanol–water partition coefficient (Wildman–Crippen LogP) is 2.09. The lowest BCUT2D eigenvalue weighted by atomic mass is 9.82. The van der Waals surface area contributed by atoms with Gasteiger partial charge in [-0.1, -0.05) is 25.4 Å². The summed E-state index contributed by atoms with van der Waals surface area (Å²) in [5, 5.41) is 20.8. The molecule has 0 atom stereocenters. The number of amides is 1. The molecule has 1 aromatic rings. The molecule has 1 aliphatic heterocycles. The Balaban J connectivity index is 2.14. The molecule has 20 heavy (non-hydrogen) atoms. The average molecular weight is 299 g/mol. The molecule has 0 saturated carbocycles. The Morgan fingerprint density at radius 2 is 2.10 bits per heavy atom. The smallest absolute Gasteiger partial charge is 0.270 e. The Bertz CT molecular complexity index is 567. The SMILES string of the molecule is CC(C)C1(O)CN(C(=O)c2ccc([N+](=O)[O-])cc2Cl)C1. The molecule has 7 heteroatoms. The number of hydrogen-bond donors (Lipinski definition) is 1. The Kier molecular flexibility index (Phi) is 3.71. The normalized spacial score (nSPS) is 16.9. The van der Waals surface area contributed by atoms with E-state index >= 15 is 0 Å². The lowest BCUT2D eigenvalue weighted by Gasteiger charge is -2.49. The van der Waals surface area contributed by atoms with Crippen molar-refractivity contribution < 1.29 is 14.8 Å². The molecule has 2 rings (SSSR count). The molecule has 0 aromatic heterocycles. The molecule has 108 valence electrons. The van der Waals surface area contributed by atoms with Crippen LogP contribution in [-0.2, 0) is 0 Å². The molecule has 0 spiro atoms. The molecular formula is C13H15ClN2O4. The number of nitrogens with zero attached hydrogens (tertiary/aromatic N) is 2. The van der Waals surface area contributed by atoms with Crippen LogP contribution in [0.2, 0.25) is 5.02 Å². The highest BCUT2D eigenvalue weighted by molar-refractivity contribution is 6.34. The van der Waals surface area contributed by atoms with Gasteiger partial charge in [0.1, 0.15) is 5.60 Å². The third-order valence-corrected chi connectivity index (χ3v) is 4.00. The van der Waals surface area contributed by atoms with Gasteiger partial charge in [0, 0.05) is 12.1 Å². The van der Waals surface area contributed by atoms with Crippen LogP contribution >= 0.6 is 11.6 Å². The number of hydrogen-bond acceptors (Lipinski definition) is 4. The number of nitro groups is 1. The van der Waals surface area contributed by atoms with Gasteiger partial charge in [-0.3, -0.25) is 14.9 Å². The van der Waals surface area contributed by atoms with E-state index in [0.717, 1.165) is 6.07 Å². The van der Waals surface area contributed by atoms with E-state index in [9.17, 15) is 20.0 Å². The van der Waals surface area contributed by atoms with Gasteiger partial charge in [0.15, 0.2) is 0 Å². The van der Waals surface area contributed by atoms with Gasteiger partial charge in [-0.05, 0) is 12.0 Å². The summed E-state index contributed by atoms with van der Waals surface area (Å²) in [5.74, 6) is -0.269. The zero-order valence-electron chi connectivity index (χ0n) is 11.2. The highest BCUT2D eigenvalue weighted by Gasteiger charge is 2.46. The molecule has 1 aliphatic rings. The Morgan fingerprint density at radius 3 is 2.55 bits per heavy atom. The number of β-amino-alcohol motifs (C(OH)–C–C–N with tert-alkyl or cyclic N) is 1. The van der Waals surface area contributed by atoms with Crippen molar-refractivity contribution in [3.63, 3.8) is 0 Å². The number of carbonyl (C=O) groups is 1. The van der Waals surface area contributed by atoms with Crippen LogP contribution in [0.4, 0.5) is 5.69 Å². The largest absolute Gasteiger partial charge is 0.386 e. The lowest BCUT2D eigenvalue weighted by Crippen LogP contribution is -2.65. The van der Waals surface area contributed by atoms with Gasteiger partial charge in [0.05, 0.1) is 28.6 Å². The van der Waals surface area contributed by atoms with Crippen LogP contribution in [0.5, 0.6) is 0 Å². The lowest BCUT2D eigenvalue weighted by molar-refractivity contribution is -0.384. The predicted molar refractivity (Wildman–Crippen MR) is 73.8 cm³/mol. The second-order valence-electron chi connectivity index (χ2n) is 5.34. The van der Waals surface area contributed by atoms with E-state index in [-0.39, 0.29) is 41.2 Å². The maximum Gasteiger partial charge on any atom is 0.270 e. The summed E-state index contributed by atoms with van der Waals surface area (Å²) >= 11 is 5.91. The van der Waals surface area contributed by atoms with Crippen LogP contribution in [-0.4, -0.2) is 39.5 Å². The van der Waals surface area contributed by atoms with E-state index in [4.69, 9.17) is 11.6 Å². The molecule has 0 radical (unpaired) electrons. The molecule has 6 nitrogen and oxygen atoms in total. The molecule has 0 unspecified atom stereocenters. The second-order valence-corrected chi connectivity index (χ2v) is 5.75. The minimum atomic E-state index is -0.858. The van der Waals surface area contributed by atoms with Gasteiger partial charge in [-0.2, -0.15) is 0 Å². The number of rotatable bonds is 3. The molecule has 1 fully saturated rings. The van der Waals surface area contributed by atoms with E-state index in [2.05, 4.69) is 0 Å². The Hall–Kier alpha value is -1.66. The minimum Gasteiger partial charge on any atom is -0.386 e. The highest BCUT2D eigenvalue weighted by atomic mass is 35.5. The molecule has 0 aliphatic carbocycles. The zero-order chi connectivity index (χ0) is 15.1. The number of aliphatic hydroxyl groups is 1. The number of non-ortho nitro benzene ring substituents is 1. The first-order valence-corrected chi connectivity index (χ1v) is 6.58. The quantitative estimate of drug-likeness (QED) is 0.684. The van der Waals surface area contributed by atoms with Crippen molar-refractivity contribution >= 4 is 23.2 Å². The van der Waals surface area contributed by atoms with Crippen molar-refractivity contribution in [3.8, 4) is 0 Å². The summed E-state index contributed by atoms with van der Waals surface area (Å²) in [5.41, 5.74) is -0.806. The van der Waals surface area contributed by atoms with Crippen LogP contribution in [0.3, 0.4) is 0 Å². The zero-order valence-corrected chi connectivity index (χ0v) is 11.9. The standard InChI is InChI=1S/C13H15ClN2O4/c1-8(2)13(18)6-15(7-13)12(17)10-4-3-9(16(19)20)5-11(10)14/h3-5,8,18H,6-7H2,1-2H3. The van der Waals surface area contributed by atoms with Crippen LogP contribution in [0, 0.1) is 16.0 Å². The first-order chi connectivity index (χ1) is 9.24. The monoisotopic (exact) mass is 298 g/mol. The third kappa shape index (κ3) is 2.48. The van der Waals surface area contributed by atoms with E-state index in [1.54, 1.807) is 0 Å². The molecular weight excluding hydrogens is 284 g/mol. The first-order valence-electron chi connectivity index (χ1n) is 6.20. The summed E-state index contributed by atoms with van der Waals surface area (Å²) in [6.45, 7) is 4.27. The van der Waals surface area contributed by atoms with Crippen molar-refractivity contribution in [2.45, 2.75) is 19.4 Å². The molecule has 1 N–H and O–H groups in total. The summed E-state index contributed by atoms with van der Waals surface area (Å²) in [7, 11) is 0. The molecule has 0 bridgehead atoms. The van der Waals surface area contributed by atoms with Crippen LogP contribution in [0.15, 0.2) is 18.2 Å². The molecule has 1 heterocycles. The molecule has 1 amide bonds. The second kappa shape index (κ2) is 5.03. The Morgan fingerprint density at radius 1 is 1.50 bits per heavy atom. The first kappa shape index (κ1) is 14.7. The fourth-order valence-corrected chi connectivity index (χ4v) is 2.34. The van der Waals surface area contributed by atoms with Gasteiger partial charge in [-0.15, -0.1) is 0 Å². The maximum absolute atomic E-state index is 12.2. The van der Waals surface area contributed by atoms with Crippen molar-refractivity contribution in [3.05, 3.63) is 38.9 Å². The van der Waals surface area contributed by atoms with Gasteiger partial charge in [0.25, 0.3) is 11.6 Å².